The summed E-state index contributed by atoms with van der Waals surface area (Å²) in [5, 5.41) is 7.83. The number of hydrogen-bond donors (Lipinski definition) is 1. The summed E-state index contributed by atoms with van der Waals surface area (Å²) in [6, 6.07) is 1.11. The van der Waals surface area contributed by atoms with Gasteiger partial charge in [0.2, 0.25) is 0 Å². The SMILES string of the molecule is CC(C)n1ncc(NC2CCN3CCCCC23)c(Br)c1=O. The van der Waals surface area contributed by atoms with Crippen molar-refractivity contribution in [2.24, 2.45) is 0 Å². The van der Waals surface area contributed by atoms with Gasteiger partial charge in [-0.2, -0.15) is 5.10 Å². The number of nitrogens with one attached hydrogen (secondary N) is 1. The summed E-state index contributed by atoms with van der Waals surface area (Å²) in [5.74, 6) is 0. The zero-order chi connectivity index (χ0) is 15.0. The van der Waals surface area contributed by atoms with Crippen molar-refractivity contribution in [2.45, 2.75) is 57.7 Å². The Labute approximate surface area is 133 Å². The highest BCUT2D eigenvalue weighted by Crippen LogP contribution is 2.30. The second-order valence-corrected chi connectivity index (χ2v) is 7.15. The first-order valence-electron chi connectivity index (χ1n) is 7.86. The molecule has 1 N–H and O–H groups in total. The fourth-order valence-electron chi connectivity index (χ4n) is 3.53. The van der Waals surface area contributed by atoms with Crippen LogP contribution in [0.2, 0.25) is 0 Å². The molecule has 1 aromatic heterocycles. The molecule has 0 amide bonds. The highest BCUT2D eigenvalue weighted by molar-refractivity contribution is 9.10. The maximum atomic E-state index is 12.3. The summed E-state index contributed by atoms with van der Waals surface area (Å²) < 4.78 is 2.11. The molecule has 3 heterocycles. The third-order valence-corrected chi connectivity index (χ3v) is 5.40. The summed E-state index contributed by atoms with van der Waals surface area (Å²) in [4.78, 5) is 14.9. The van der Waals surface area contributed by atoms with Gasteiger partial charge in [-0.25, -0.2) is 4.68 Å². The Kier molecular flexibility index (Phi) is 4.36. The predicted molar refractivity (Wildman–Crippen MR) is 87.8 cm³/mol. The normalized spacial score (nSPS) is 26.1. The minimum Gasteiger partial charge on any atom is -0.378 e. The molecule has 5 nitrogen and oxygen atoms in total. The Morgan fingerprint density at radius 3 is 2.90 bits per heavy atom. The topological polar surface area (TPSA) is 50.2 Å². The van der Waals surface area contributed by atoms with Gasteiger partial charge in [0, 0.05) is 18.6 Å². The third-order valence-electron chi connectivity index (χ3n) is 4.63. The molecular weight excluding hydrogens is 332 g/mol. The highest BCUT2D eigenvalue weighted by Gasteiger charge is 2.35. The molecule has 6 heteroatoms. The molecule has 2 unspecified atom stereocenters. The van der Waals surface area contributed by atoms with Gasteiger partial charge >= 0.3 is 0 Å². The largest absolute Gasteiger partial charge is 0.378 e. The van der Waals surface area contributed by atoms with Crippen molar-refractivity contribution in [2.75, 3.05) is 18.4 Å². The zero-order valence-electron chi connectivity index (χ0n) is 12.7. The van der Waals surface area contributed by atoms with Crippen LogP contribution in [0.1, 0.15) is 45.6 Å². The number of halogens is 1. The molecule has 2 atom stereocenters. The van der Waals surface area contributed by atoms with Crippen LogP contribution in [0.15, 0.2) is 15.5 Å². The van der Waals surface area contributed by atoms with Crippen molar-refractivity contribution in [3.05, 3.63) is 21.0 Å². The molecule has 21 heavy (non-hydrogen) atoms. The summed E-state index contributed by atoms with van der Waals surface area (Å²) in [5.41, 5.74) is 0.767. The molecule has 0 saturated carbocycles. The van der Waals surface area contributed by atoms with Gasteiger partial charge in [0.05, 0.1) is 17.9 Å². The van der Waals surface area contributed by atoms with E-state index in [1.165, 1.54) is 30.5 Å². The smallest absolute Gasteiger partial charge is 0.283 e. The Hall–Kier alpha value is -0.880. The molecule has 0 radical (unpaired) electrons. The lowest BCUT2D eigenvalue weighted by Gasteiger charge is -2.33. The van der Waals surface area contributed by atoms with Gasteiger partial charge < -0.3 is 5.32 Å². The standard InChI is InChI=1S/C15H23BrN4O/c1-10(2)20-15(21)14(16)12(9-17-20)18-11-6-8-19-7-4-3-5-13(11)19/h9-11,13,18H,3-8H2,1-2H3. The number of aromatic nitrogens is 2. The Balaban J connectivity index is 1.79. The quantitative estimate of drug-likeness (QED) is 0.906. The summed E-state index contributed by atoms with van der Waals surface area (Å²) in [6.07, 6.45) is 6.81. The predicted octanol–water partition coefficient (Wildman–Crippen LogP) is 2.63. The van der Waals surface area contributed by atoms with E-state index in [9.17, 15) is 4.79 Å². The van der Waals surface area contributed by atoms with Gasteiger partial charge in [-0.3, -0.25) is 9.69 Å². The Bertz CT molecular complexity index is 571. The van der Waals surface area contributed by atoms with Gasteiger partial charge in [0.15, 0.2) is 0 Å². The lowest BCUT2D eigenvalue weighted by Crippen LogP contribution is -2.42. The van der Waals surface area contributed by atoms with E-state index < -0.39 is 0 Å². The molecule has 1 aromatic rings. The Morgan fingerprint density at radius 1 is 1.33 bits per heavy atom. The van der Waals surface area contributed by atoms with Gasteiger partial charge in [-0.15, -0.1) is 0 Å². The highest BCUT2D eigenvalue weighted by atomic mass is 79.9. The Morgan fingerprint density at radius 2 is 2.14 bits per heavy atom. The van der Waals surface area contributed by atoms with E-state index in [1.54, 1.807) is 6.20 Å². The zero-order valence-corrected chi connectivity index (χ0v) is 14.3. The van der Waals surface area contributed by atoms with Crippen LogP contribution in [0, 0.1) is 0 Å². The average molecular weight is 355 g/mol. The molecular formula is C15H23BrN4O. The number of anilines is 1. The van der Waals surface area contributed by atoms with Crippen LogP contribution in [0.3, 0.4) is 0 Å². The minimum atomic E-state index is -0.0616. The van der Waals surface area contributed by atoms with Crippen LogP contribution in [0.5, 0.6) is 0 Å². The van der Waals surface area contributed by atoms with Gasteiger partial charge in [0.25, 0.3) is 5.56 Å². The van der Waals surface area contributed by atoms with Crippen molar-refractivity contribution in [1.82, 2.24) is 14.7 Å². The van der Waals surface area contributed by atoms with Crippen molar-refractivity contribution in [3.63, 3.8) is 0 Å². The van der Waals surface area contributed by atoms with E-state index in [0.29, 0.717) is 16.6 Å². The summed E-state index contributed by atoms with van der Waals surface area (Å²) in [6.45, 7) is 6.31. The summed E-state index contributed by atoms with van der Waals surface area (Å²) >= 11 is 3.45. The number of piperidine rings is 1. The van der Waals surface area contributed by atoms with E-state index >= 15 is 0 Å². The van der Waals surface area contributed by atoms with Gasteiger partial charge in [-0.1, -0.05) is 6.42 Å². The van der Waals surface area contributed by atoms with Crippen molar-refractivity contribution in [1.29, 1.82) is 0 Å². The first-order chi connectivity index (χ1) is 10.1. The molecule has 2 fully saturated rings. The van der Waals surface area contributed by atoms with Crippen molar-refractivity contribution < 1.29 is 0 Å². The van der Waals surface area contributed by atoms with Gasteiger partial charge in [0.1, 0.15) is 4.47 Å². The summed E-state index contributed by atoms with van der Waals surface area (Å²) in [7, 11) is 0. The molecule has 2 aliphatic heterocycles. The van der Waals surface area contributed by atoms with E-state index in [4.69, 9.17) is 0 Å². The number of rotatable bonds is 3. The molecule has 0 spiro atoms. The van der Waals surface area contributed by atoms with Crippen LogP contribution in [0.4, 0.5) is 5.69 Å². The maximum Gasteiger partial charge on any atom is 0.283 e. The third kappa shape index (κ3) is 2.88. The monoisotopic (exact) mass is 354 g/mol. The van der Waals surface area contributed by atoms with Crippen molar-refractivity contribution in [3.8, 4) is 0 Å². The second kappa shape index (κ2) is 6.08. The average Bonchev–Trinajstić information content (AvgIpc) is 2.87. The second-order valence-electron chi connectivity index (χ2n) is 6.35. The lowest BCUT2D eigenvalue weighted by atomic mass is 9.99. The fourth-order valence-corrected chi connectivity index (χ4v) is 3.93. The van der Waals surface area contributed by atoms with Crippen LogP contribution in [-0.4, -0.2) is 39.9 Å². The fraction of sp³-hybridized carbons (Fsp3) is 0.733. The van der Waals surface area contributed by atoms with E-state index in [2.05, 4.69) is 31.2 Å². The molecule has 116 valence electrons. The minimum absolute atomic E-state index is 0.0616. The van der Waals surface area contributed by atoms with E-state index in [1.807, 2.05) is 13.8 Å². The number of fused-ring (bicyclic) bond motifs is 1. The van der Waals surface area contributed by atoms with Crippen LogP contribution >= 0.6 is 15.9 Å². The molecule has 0 aromatic carbocycles. The molecule has 3 rings (SSSR count). The van der Waals surface area contributed by atoms with Crippen molar-refractivity contribution >= 4 is 21.6 Å². The molecule has 0 bridgehead atoms. The van der Waals surface area contributed by atoms with Crippen LogP contribution in [-0.2, 0) is 0 Å². The molecule has 0 aliphatic carbocycles. The maximum absolute atomic E-state index is 12.3. The number of hydrogen-bond acceptors (Lipinski definition) is 4. The lowest BCUT2D eigenvalue weighted by molar-refractivity contribution is 0.192. The van der Waals surface area contributed by atoms with E-state index in [-0.39, 0.29) is 11.6 Å². The van der Waals surface area contributed by atoms with Crippen LogP contribution < -0.4 is 10.9 Å². The van der Waals surface area contributed by atoms with E-state index in [0.717, 1.165) is 18.7 Å². The molecule has 2 saturated heterocycles. The first-order valence-corrected chi connectivity index (χ1v) is 8.65. The van der Waals surface area contributed by atoms with Gasteiger partial charge in [-0.05, 0) is 55.6 Å². The first kappa shape index (κ1) is 15.0. The van der Waals surface area contributed by atoms with Crippen LogP contribution in [0.25, 0.3) is 0 Å². The number of nitrogens with zero attached hydrogens (tertiary/aromatic N) is 3. The molecule has 2 aliphatic rings.